The normalized spacial score (nSPS) is 15.5. The van der Waals surface area contributed by atoms with Crippen LogP contribution in [0.4, 0.5) is 19.2 Å². The van der Waals surface area contributed by atoms with Crippen molar-refractivity contribution >= 4 is 28.1 Å². The molecule has 0 saturated carbocycles. The van der Waals surface area contributed by atoms with Gasteiger partial charge in [-0.3, -0.25) is 10.2 Å². The monoisotopic (exact) mass is 609 g/mol. The second-order valence-corrected chi connectivity index (χ2v) is 13.2. The number of hydrogen-bond acceptors (Lipinski definition) is 7. The van der Waals surface area contributed by atoms with Gasteiger partial charge in [-0.25, -0.2) is 9.59 Å². The van der Waals surface area contributed by atoms with Crippen LogP contribution in [0, 0.1) is 6.92 Å². The molecule has 228 valence electrons. The third-order valence-electron chi connectivity index (χ3n) is 7.69. The number of hydrogen-bond donors (Lipinski definition) is 1. The Morgan fingerprint density at radius 1 is 0.953 bits per heavy atom. The van der Waals surface area contributed by atoms with Gasteiger partial charge < -0.3 is 14.4 Å². The summed E-state index contributed by atoms with van der Waals surface area (Å²) >= 11 is 0. The Labute approximate surface area is 251 Å². The van der Waals surface area contributed by atoms with Crippen molar-refractivity contribution in [3.05, 3.63) is 82.9 Å². The fraction of sp³-hybridized carbons (Fsp3) is 0.375. The van der Waals surface area contributed by atoms with E-state index in [4.69, 9.17) is 9.47 Å². The lowest BCUT2D eigenvalue weighted by atomic mass is 9.98. The van der Waals surface area contributed by atoms with Crippen LogP contribution in [0.15, 0.2) is 65.6 Å². The molecule has 43 heavy (non-hydrogen) atoms. The van der Waals surface area contributed by atoms with Crippen LogP contribution in [0.1, 0.15) is 48.9 Å². The fourth-order valence-corrected chi connectivity index (χ4v) is 6.43. The highest BCUT2D eigenvalue weighted by molar-refractivity contribution is 7.86. The van der Waals surface area contributed by atoms with Crippen LogP contribution in [0.25, 0.3) is 11.1 Å². The number of carbonyl (C=O) groups excluding carboxylic acids is 2. The van der Waals surface area contributed by atoms with Crippen molar-refractivity contribution in [1.29, 1.82) is 0 Å². The number of nitrogens with zero attached hydrogens (tertiary/aromatic N) is 2. The maximum atomic E-state index is 14.2. The van der Waals surface area contributed by atoms with E-state index in [0.717, 1.165) is 22.3 Å². The van der Waals surface area contributed by atoms with E-state index in [1.165, 1.54) is 13.0 Å². The maximum Gasteiger partial charge on any atom is 0.412 e. The molecule has 0 atom stereocenters. The van der Waals surface area contributed by atoms with Crippen LogP contribution < -0.4 is 5.32 Å². The van der Waals surface area contributed by atoms with Crippen LogP contribution in [0.5, 0.6) is 0 Å². The second kappa shape index (κ2) is 12.0. The predicted octanol–water partition coefficient (Wildman–Crippen LogP) is 6.07. The molecule has 9 nitrogen and oxygen atoms in total. The SMILES string of the molecule is Cc1c(NC(=O)OC(C)(C)C)cc(CN2CCN(C(=O)OCC3c4ccccc4-c4ccccc43)CC2)cc1S(=O)(=O)F. The highest BCUT2D eigenvalue weighted by atomic mass is 32.3. The first kappa shape index (κ1) is 30.5. The Hall–Kier alpha value is -3.96. The van der Waals surface area contributed by atoms with Crippen LogP contribution >= 0.6 is 0 Å². The number of carbonyl (C=O) groups is 2. The molecule has 3 aromatic carbocycles. The first-order valence-electron chi connectivity index (χ1n) is 14.2. The summed E-state index contributed by atoms with van der Waals surface area (Å²) in [6.07, 6.45) is -1.15. The predicted molar refractivity (Wildman–Crippen MR) is 161 cm³/mol. The molecule has 2 amide bonds. The third-order valence-corrected chi connectivity index (χ3v) is 8.64. The summed E-state index contributed by atoms with van der Waals surface area (Å²) in [6, 6.07) is 19.2. The molecule has 11 heteroatoms. The Morgan fingerprint density at radius 2 is 1.53 bits per heavy atom. The van der Waals surface area contributed by atoms with Crippen molar-refractivity contribution in [3.63, 3.8) is 0 Å². The van der Waals surface area contributed by atoms with Crippen LogP contribution in [0.3, 0.4) is 0 Å². The average Bonchev–Trinajstić information content (AvgIpc) is 3.26. The third kappa shape index (κ3) is 7.00. The summed E-state index contributed by atoms with van der Waals surface area (Å²) in [4.78, 5) is 28.6. The summed E-state index contributed by atoms with van der Waals surface area (Å²) in [5.74, 6) is -0.0244. The van der Waals surface area contributed by atoms with E-state index in [9.17, 15) is 21.9 Å². The molecule has 1 saturated heterocycles. The molecule has 2 aliphatic rings. The maximum absolute atomic E-state index is 14.2. The fourth-order valence-electron chi connectivity index (χ4n) is 5.66. The van der Waals surface area contributed by atoms with Gasteiger partial charge in [-0.2, -0.15) is 8.42 Å². The van der Waals surface area contributed by atoms with Crippen molar-refractivity contribution in [3.8, 4) is 11.1 Å². The number of amides is 2. The van der Waals surface area contributed by atoms with Gasteiger partial charge in [0.2, 0.25) is 0 Å². The minimum Gasteiger partial charge on any atom is -0.448 e. The van der Waals surface area contributed by atoms with Gasteiger partial charge in [0.15, 0.2) is 0 Å². The Bertz CT molecular complexity index is 1600. The molecule has 1 aliphatic carbocycles. The summed E-state index contributed by atoms with van der Waals surface area (Å²) in [5.41, 5.74) is 4.59. The topological polar surface area (TPSA) is 105 Å². The summed E-state index contributed by atoms with van der Waals surface area (Å²) in [5, 5.41) is 2.55. The van der Waals surface area contributed by atoms with E-state index in [1.54, 1.807) is 31.7 Å². The number of anilines is 1. The number of nitrogens with one attached hydrogen (secondary N) is 1. The molecule has 0 radical (unpaired) electrons. The largest absolute Gasteiger partial charge is 0.448 e. The highest BCUT2D eigenvalue weighted by Gasteiger charge is 2.31. The zero-order valence-electron chi connectivity index (χ0n) is 24.7. The molecule has 5 rings (SSSR count). The average molecular weight is 610 g/mol. The zero-order valence-corrected chi connectivity index (χ0v) is 25.5. The van der Waals surface area contributed by atoms with Gasteiger partial charge in [-0.15, -0.1) is 3.89 Å². The molecule has 3 aromatic rings. The molecular formula is C32H36FN3O6S. The van der Waals surface area contributed by atoms with E-state index in [2.05, 4.69) is 29.6 Å². The highest BCUT2D eigenvalue weighted by Crippen LogP contribution is 2.44. The van der Waals surface area contributed by atoms with Gasteiger partial charge in [0.25, 0.3) is 0 Å². The van der Waals surface area contributed by atoms with Gasteiger partial charge in [-0.1, -0.05) is 48.5 Å². The summed E-state index contributed by atoms with van der Waals surface area (Å²) in [6.45, 7) is 8.92. The first-order chi connectivity index (χ1) is 20.3. The number of ether oxygens (including phenoxy) is 2. The summed E-state index contributed by atoms with van der Waals surface area (Å²) < 4.78 is 49.0. The smallest absolute Gasteiger partial charge is 0.412 e. The second-order valence-electron chi connectivity index (χ2n) is 11.9. The lowest BCUT2D eigenvalue weighted by Gasteiger charge is -2.34. The van der Waals surface area contributed by atoms with E-state index in [1.807, 2.05) is 29.2 Å². The number of halogens is 1. The minimum absolute atomic E-state index is 0.0244. The van der Waals surface area contributed by atoms with Crippen molar-refractivity contribution in [2.45, 2.75) is 50.7 Å². The lowest BCUT2D eigenvalue weighted by molar-refractivity contribution is 0.0635. The molecule has 0 spiro atoms. The number of fused-ring (bicyclic) bond motifs is 3. The Balaban J connectivity index is 1.21. The van der Waals surface area contributed by atoms with Crippen LogP contribution in [-0.4, -0.2) is 68.8 Å². The molecule has 1 N–H and O–H groups in total. The molecule has 1 fully saturated rings. The van der Waals surface area contributed by atoms with Crippen molar-refractivity contribution in [1.82, 2.24) is 9.80 Å². The quantitative estimate of drug-likeness (QED) is 0.339. The standard InChI is InChI=1S/C32H36FN3O6S/c1-21-28(34-30(37)42-32(2,3)4)17-22(18-29(21)43(33,39)40)19-35-13-15-36(16-14-35)31(38)41-20-27-25-11-7-5-9-23(25)24-10-6-8-12-26(24)27/h5-12,17-18,27H,13-16,19-20H2,1-4H3,(H,34,37). The Kier molecular flexibility index (Phi) is 8.49. The van der Waals surface area contributed by atoms with Gasteiger partial charge in [0.1, 0.15) is 17.1 Å². The first-order valence-corrected chi connectivity index (χ1v) is 15.6. The van der Waals surface area contributed by atoms with Crippen LogP contribution in [0.2, 0.25) is 0 Å². The van der Waals surface area contributed by atoms with E-state index in [0.29, 0.717) is 38.3 Å². The lowest BCUT2D eigenvalue weighted by Crippen LogP contribution is -2.48. The van der Waals surface area contributed by atoms with Crippen LogP contribution in [-0.2, 0) is 26.2 Å². The number of piperazine rings is 1. The molecule has 1 aliphatic heterocycles. The van der Waals surface area contributed by atoms with Gasteiger partial charge >= 0.3 is 22.4 Å². The molecule has 0 aromatic heterocycles. The summed E-state index contributed by atoms with van der Waals surface area (Å²) in [7, 11) is -5.04. The van der Waals surface area contributed by atoms with E-state index < -0.39 is 26.8 Å². The molecule has 0 bridgehead atoms. The van der Waals surface area contributed by atoms with Gasteiger partial charge in [-0.05, 0) is 73.2 Å². The Morgan fingerprint density at radius 3 is 2.09 bits per heavy atom. The van der Waals surface area contributed by atoms with Crippen molar-refractivity contribution in [2.75, 3.05) is 38.1 Å². The van der Waals surface area contributed by atoms with Gasteiger partial charge in [0, 0.05) is 44.3 Å². The minimum atomic E-state index is -5.04. The zero-order chi connectivity index (χ0) is 30.9. The number of benzene rings is 3. The molecule has 0 unspecified atom stereocenters. The molecular weight excluding hydrogens is 573 g/mol. The van der Waals surface area contributed by atoms with Crippen molar-refractivity contribution in [2.24, 2.45) is 0 Å². The number of rotatable bonds is 6. The van der Waals surface area contributed by atoms with E-state index in [-0.39, 0.29) is 29.9 Å². The molecule has 1 heterocycles. The van der Waals surface area contributed by atoms with E-state index >= 15 is 0 Å². The van der Waals surface area contributed by atoms with Crippen molar-refractivity contribution < 1.29 is 31.4 Å². The van der Waals surface area contributed by atoms with Gasteiger partial charge in [0.05, 0.1) is 0 Å².